The number of benzene rings is 2. The zero-order valence-electron chi connectivity index (χ0n) is 26.7. The van der Waals surface area contributed by atoms with Crippen molar-refractivity contribution in [1.82, 2.24) is 14.3 Å². The van der Waals surface area contributed by atoms with Crippen molar-refractivity contribution in [2.75, 3.05) is 31.7 Å². The minimum atomic E-state index is -4.10. The summed E-state index contributed by atoms with van der Waals surface area (Å²) in [4.78, 5) is 17.0. The summed E-state index contributed by atoms with van der Waals surface area (Å²) in [6.45, 7) is 9.84. The molecule has 47 heavy (non-hydrogen) atoms. The number of fused-ring (bicyclic) bond motifs is 1. The van der Waals surface area contributed by atoms with Crippen molar-refractivity contribution >= 4 is 32.8 Å². The summed E-state index contributed by atoms with van der Waals surface area (Å²) in [7, 11) is -4.10. The Labute approximate surface area is 272 Å². The molecule has 0 saturated carbocycles. The van der Waals surface area contributed by atoms with Gasteiger partial charge in [0.2, 0.25) is 0 Å². The number of carbonyl (C=O) groups is 1. The number of anilines is 1. The maximum atomic E-state index is 15.5. The SMILES string of the molecule is Cc1ccc(S(=O)(=O)n2cc(C3CCCOC3C)c3c(Oc4c(F)cc(NC(=O)NCC5(C(C)C)COC5)cc4F)ccnc32)cc1. The fourth-order valence-corrected chi connectivity index (χ4v) is 7.43. The Morgan fingerprint density at radius 1 is 1.15 bits per heavy atom. The molecular formula is C34H38F2N4O6S. The molecule has 2 aromatic heterocycles. The van der Waals surface area contributed by atoms with Gasteiger partial charge in [-0.1, -0.05) is 31.5 Å². The van der Waals surface area contributed by atoms with Crippen LogP contribution in [0.2, 0.25) is 0 Å². The monoisotopic (exact) mass is 668 g/mol. The van der Waals surface area contributed by atoms with Crippen LogP contribution in [0.15, 0.2) is 59.8 Å². The number of nitrogens with zero attached hydrogens (tertiary/aromatic N) is 2. The molecule has 0 radical (unpaired) electrons. The van der Waals surface area contributed by atoms with Crippen molar-refractivity contribution in [3.63, 3.8) is 0 Å². The molecule has 2 aromatic carbocycles. The molecule has 250 valence electrons. The number of amides is 2. The van der Waals surface area contributed by atoms with Crippen LogP contribution in [0.1, 0.15) is 50.7 Å². The highest BCUT2D eigenvalue weighted by Gasteiger charge is 2.41. The van der Waals surface area contributed by atoms with Crippen molar-refractivity contribution in [1.29, 1.82) is 0 Å². The van der Waals surface area contributed by atoms with Crippen LogP contribution in [0.3, 0.4) is 0 Å². The van der Waals surface area contributed by atoms with Crippen molar-refractivity contribution in [2.45, 2.75) is 57.5 Å². The number of aromatic nitrogens is 2. The second-order valence-electron chi connectivity index (χ2n) is 12.7. The standard InChI is InChI=1S/C34H38F2N4O6S/c1-20(2)34(18-44-19-34)17-38-33(41)39-23-14-27(35)31(28(36)15-23)46-29-11-12-37-32-30(29)26(25-6-5-13-45-22(25)4)16-40(32)47(42,43)24-9-7-21(3)8-10-24/h7-12,14-16,20,22,25H,5-6,13,17-19H2,1-4H3,(H2,38,39,41). The topological polar surface area (TPSA) is 121 Å². The summed E-state index contributed by atoms with van der Waals surface area (Å²) in [5, 5.41) is 5.55. The highest BCUT2D eigenvalue weighted by molar-refractivity contribution is 7.90. The van der Waals surface area contributed by atoms with Gasteiger partial charge in [0.15, 0.2) is 23.0 Å². The maximum absolute atomic E-state index is 15.5. The number of hydrogen-bond donors (Lipinski definition) is 2. The number of halogens is 2. The normalized spacial score (nSPS) is 19.4. The van der Waals surface area contributed by atoms with Gasteiger partial charge in [-0.2, -0.15) is 0 Å². The number of aryl methyl sites for hydroxylation is 1. The lowest BCUT2D eigenvalue weighted by Crippen LogP contribution is -2.54. The molecule has 4 heterocycles. The number of hydrogen-bond acceptors (Lipinski definition) is 7. The van der Waals surface area contributed by atoms with Crippen LogP contribution in [0.25, 0.3) is 11.0 Å². The highest BCUT2D eigenvalue weighted by Crippen LogP contribution is 2.43. The first kappa shape index (κ1) is 32.9. The van der Waals surface area contributed by atoms with Gasteiger partial charge in [0, 0.05) is 54.7 Å². The minimum Gasteiger partial charge on any atom is -0.450 e. The van der Waals surface area contributed by atoms with Gasteiger partial charge in [0.1, 0.15) is 5.75 Å². The van der Waals surface area contributed by atoms with Crippen LogP contribution >= 0.6 is 0 Å². The molecule has 0 spiro atoms. The van der Waals surface area contributed by atoms with Gasteiger partial charge < -0.3 is 24.8 Å². The molecule has 10 nitrogen and oxygen atoms in total. The predicted octanol–water partition coefficient (Wildman–Crippen LogP) is 6.73. The first-order chi connectivity index (χ1) is 22.4. The molecule has 2 atom stereocenters. The van der Waals surface area contributed by atoms with E-state index in [9.17, 15) is 13.2 Å². The second kappa shape index (κ2) is 12.9. The lowest BCUT2D eigenvalue weighted by atomic mass is 9.75. The maximum Gasteiger partial charge on any atom is 0.319 e. The molecule has 4 aromatic rings. The Balaban J connectivity index is 1.33. The van der Waals surface area contributed by atoms with Gasteiger partial charge in [-0.05, 0) is 56.4 Å². The lowest BCUT2D eigenvalue weighted by molar-refractivity contribution is -0.134. The van der Waals surface area contributed by atoms with Crippen LogP contribution in [-0.2, 0) is 19.5 Å². The quantitative estimate of drug-likeness (QED) is 0.203. The van der Waals surface area contributed by atoms with E-state index in [1.807, 2.05) is 27.7 Å². The number of nitrogens with one attached hydrogen (secondary N) is 2. The molecule has 13 heteroatoms. The van der Waals surface area contributed by atoms with Crippen molar-refractivity contribution in [3.8, 4) is 11.5 Å². The van der Waals surface area contributed by atoms with Crippen molar-refractivity contribution < 1.29 is 36.2 Å². The first-order valence-electron chi connectivity index (χ1n) is 15.6. The van der Waals surface area contributed by atoms with Crippen molar-refractivity contribution in [2.24, 2.45) is 11.3 Å². The van der Waals surface area contributed by atoms with E-state index in [2.05, 4.69) is 15.6 Å². The average molecular weight is 669 g/mol. The van der Waals surface area contributed by atoms with Crippen LogP contribution < -0.4 is 15.4 Å². The molecule has 2 aliphatic rings. The summed E-state index contributed by atoms with van der Waals surface area (Å²) in [5.74, 6) is -2.75. The molecular weight excluding hydrogens is 630 g/mol. The molecule has 2 saturated heterocycles. The number of carbonyl (C=O) groups excluding carboxylic acids is 1. The first-order valence-corrected chi connectivity index (χ1v) is 17.1. The zero-order chi connectivity index (χ0) is 33.5. The fourth-order valence-electron chi connectivity index (χ4n) is 6.10. The number of rotatable bonds is 9. The van der Waals surface area contributed by atoms with E-state index in [1.54, 1.807) is 12.1 Å². The zero-order valence-corrected chi connectivity index (χ0v) is 27.5. The van der Waals surface area contributed by atoms with E-state index in [0.717, 1.165) is 28.1 Å². The lowest BCUT2D eigenvalue weighted by Gasteiger charge is -2.44. The summed E-state index contributed by atoms with van der Waals surface area (Å²) < 4.78 is 76.9. The molecule has 2 amide bonds. The molecule has 0 bridgehead atoms. The molecule has 2 fully saturated rings. The molecule has 0 aliphatic carbocycles. The second-order valence-corrected chi connectivity index (χ2v) is 14.5. The third-order valence-corrected chi connectivity index (χ3v) is 11.0. The Kier molecular flexibility index (Phi) is 8.98. The van der Waals surface area contributed by atoms with Crippen LogP contribution in [0.4, 0.5) is 19.3 Å². The van der Waals surface area contributed by atoms with Gasteiger partial charge in [-0.25, -0.2) is 30.9 Å². The largest absolute Gasteiger partial charge is 0.450 e. The average Bonchev–Trinajstić information content (AvgIpc) is 3.40. The molecule has 2 aliphatic heterocycles. The van der Waals surface area contributed by atoms with Gasteiger partial charge in [-0.3, -0.25) is 0 Å². The fraction of sp³-hybridized carbons (Fsp3) is 0.412. The molecule has 2 unspecified atom stereocenters. The van der Waals surface area contributed by atoms with Crippen LogP contribution in [0, 0.1) is 29.9 Å². The number of urea groups is 1. The third-order valence-electron chi connectivity index (χ3n) is 9.30. The highest BCUT2D eigenvalue weighted by atomic mass is 32.2. The molecule has 2 N–H and O–H groups in total. The van der Waals surface area contributed by atoms with Gasteiger partial charge in [-0.15, -0.1) is 0 Å². The Morgan fingerprint density at radius 3 is 2.47 bits per heavy atom. The summed E-state index contributed by atoms with van der Waals surface area (Å²) >= 11 is 0. The Morgan fingerprint density at radius 2 is 1.85 bits per heavy atom. The predicted molar refractivity (Wildman–Crippen MR) is 172 cm³/mol. The smallest absolute Gasteiger partial charge is 0.319 e. The van der Waals surface area contributed by atoms with Crippen molar-refractivity contribution in [3.05, 3.63) is 77.6 Å². The summed E-state index contributed by atoms with van der Waals surface area (Å²) in [6.07, 6.45) is 4.04. The Bertz CT molecular complexity index is 1880. The summed E-state index contributed by atoms with van der Waals surface area (Å²) in [6, 6.07) is 9.22. The minimum absolute atomic E-state index is 0.0265. The van der Waals surface area contributed by atoms with E-state index < -0.39 is 33.4 Å². The van der Waals surface area contributed by atoms with E-state index in [-0.39, 0.29) is 45.3 Å². The van der Waals surface area contributed by atoms with Gasteiger partial charge >= 0.3 is 6.03 Å². The van der Waals surface area contributed by atoms with Gasteiger partial charge in [0.25, 0.3) is 10.0 Å². The Hall–Kier alpha value is -4.07. The number of ether oxygens (including phenoxy) is 3. The summed E-state index contributed by atoms with van der Waals surface area (Å²) in [5.41, 5.74) is 1.26. The third kappa shape index (κ3) is 6.31. The van der Waals surface area contributed by atoms with E-state index >= 15 is 8.78 Å². The van der Waals surface area contributed by atoms with Gasteiger partial charge in [0.05, 0.1) is 29.6 Å². The van der Waals surface area contributed by atoms with E-state index in [1.165, 1.54) is 30.6 Å². The van der Waals surface area contributed by atoms with Crippen LogP contribution in [0.5, 0.6) is 11.5 Å². The van der Waals surface area contributed by atoms with E-state index in [0.29, 0.717) is 43.7 Å². The molecule has 6 rings (SSSR count). The van der Waals surface area contributed by atoms with E-state index in [4.69, 9.17) is 14.2 Å². The van der Waals surface area contributed by atoms with Crippen LogP contribution in [-0.4, -0.2) is 55.9 Å². The number of pyridine rings is 1.